The summed E-state index contributed by atoms with van der Waals surface area (Å²) in [6.45, 7) is 12.3. The van der Waals surface area contributed by atoms with Gasteiger partial charge in [0.2, 0.25) is 0 Å². The number of allylic oxidation sites excluding steroid dienone is 3. The molecule has 0 rings (SSSR count). The number of hydrogen-bond donors (Lipinski definition) is 0. The zero-order chi connectivity index (χ0) is 9.94. The molecule has 0 aromatic carbocycles. The van der Waals surface area contributed by atoms with E-state index in [9.17, 15) is 0 Å². The normalized spacial score (nSPS) is 10.9. The fourth-order valence-electron chi connectivity index (χ4n) is 0.846. The summed E-state index contributed by atoms with van der Waals surface area (Å²) in [6.07, 6.45) is 9.37. The standard InChI is InChI=1S/C12H18O/c1-4-7-8-10-13-11-12(6-3)9-5-2/h4-6,9H,1-3,7-8,10-11H2/b12-9+. The van der Waals surface area contributed by atoms with Crippen molar-refractivity contribution in [3.63, 3.8) is 0 Å². The van der Waals surface area contributed by atoms with Crippen LogP contribution < -0.4 is 0 Å². The lowest BCUT2D eigenvalue weighted by Gasteiger charge is -2.02. The maximum atomic E-state index is 5.41. The van der Waals surface area contributed by atoms with Gasteiger partial charge in [-0.1, -0.05) is 37.5 Å². The number of unbranched alkanes of at least 4 members (excludes halogenated alkanes) is 1. The van der Waals surface area contributed by atoms with Gasteiger partial charge < -0.3 is 4.74 Å². The van der Waals surface area contributed by atoms with Crippen LogP contribution in [0.2, 0.25) is 0 Å². The van der Waals surface area contributed by atoms with Gasteiger partial charge in [-0.2, -0.15) is 0 Å². The maximum absolute atomic E-state index is 5.41. The largest absolute Gasteiger partial charge is 0.377 e. The summed E-state index contributed by atoms with van der Waals surface area (Å²) in [5, 5.41) is 0. The van der Waals surface area contributed by atoms with Crippen molar-refractivity contribution in [1.29, 1.82) is 0 Å². The van der Waals surface area contributed by atoms with E-state index in [1.54, 1.807) is 12.2 Å². The van der Waals surface area contributed by atoms with Crippen LogP contribution in [0.15, 0.2) is 49.6 Å². The minimum Gasteiger partial charge on any atom is -0.377 e. The Bertz CT molecular complexity index is 189. The molecule has 0 aromatic rings. The van der Waals surface area contributed by atoms with Gasteiger partial charge in [-0.3, -0.25) is 0 Å². The zero-order valence-corrected chi connectivity index (χ0v) is 8.17. The van der Waals surface area contributed by atoms with Crippen molar-refractivity contribution in [1.82, 2.24) is 0 Å². The molecule has 1 heteroatoms. The minimum atomic E-state index is 0.618. The first-order chi connectivity index (χ1) is 6.35. The van der Waals surface area contributed by atoms with Crippen molar-refractivity contribution in [2.75, 3.05) is 13.2 Å². The summed E-state index contributed by atoms with van der Waals surface area (Å²) >= 11 is 0. The van der Waals surface area contributed by atoms with Crippen molar-refractivity contribution in [3.8, 4) is 0 Å². The fourth-order valence-corrected chi connectivity index (χ4v) is 0.846. The van der Waals surface area contributed by atoms with Crippen LogP contribution in [0.3, 0.4) is 0 Å². The third-order valence-corrected chi connectivity index (χ3v) is 1.56. The third kappa shape index (κ3) is 7.29. The summed E-state index contributed by atoms with van der Waals surface area (Å²) in [5.41, 5.74) is 1.06. The maximum Gasteiger partial charge on any atom is 0.0716 e. The van der Waals surface area contributed by atoms with Gasteiger partial charge in [0.15, 0.2) is 0 Å². The SMILES string of the molecule is C=C/C=C(\C=C)COCCCC=C. The first-order valence-electron chi connectivity index (χ1n) is 4.47. The van der Waals surface area contributed by atoms with Crippen LogP contribution in [0.25, 0.3) is 0 Å². The summed E-state index contributed by atoms with van der Waals surface area (Å²) in [7, 11) is 0. The highest BCUT2D eigenvalue weighted by Gasteiger charge is 1.90. The average Bonchev–Trinajstić information content (AvgIpc) is 2.16. The van der Waals surface area contributed by atoms with Gasteiger partial charge in [-0.05, 0) is 18.4 Å². The van der Waals surface area contributed by atoms with E-state index in [1.807, 2.05) is 12.2 Å². The van der Waals surface area contributed by atoms with Crippen LogP contribution in [0.1, 0.15) is 12.8 Å². The van der Waals surface area contributed by atoms with Crippen molar-refractivity contribution in [3.05, 3.63) is 49.6 Å². The smallest absolute Gasteiger partial charge is 0.0716 e. The Kier molecular flexibility index (Phi) is 8.26. The van der Waals surface area contributed by atoms with Gasteiger partial charge in [0, 0.05) is 6.61 Å². The summed E-state index contributed by atoms with van der Waals surface area (Å²) in [6, 6.07) is 0. The second-order valence-electron chi connectivity index (χ2n) is 2.66. The molecule has 1 nitrogen and oxygen atoms in total. The van der Waals surface area contributed by atoms with Crippen molar-refractivity contribution in [2.24, 2.45) is 0 Å². The quantitative estimate of drug-likeness (QED) is 0.315. The van der Waals surface area contributed by atoms with Gasteiger partial charge in [-0.25, -0.2) is 0 Å². The van der Waals surface area contributed by atoms with Crippen LogP contribution in [0.4, 0.5) is 0 Å². The van der Waals surface area contributed by atoms with E-state index in [-0.39, 0.29) is 0 Å². The topological polar surface area (TPSA) is 9.23 Å². The molecule has 0 unspecified atom stereocenters. The molecule has 0 fully saturated rings. The molecule has 0 aromatic heterocycles. The summed E-state index contributed by atoms with van der Waals surface area (Å²) < 4.78 is 5.41. The molecule has 0 N–H and O–H groups in total. The van der Waals surface area contributed by atoms with Crippen LogP contribution in [0.5, 0.6) is 0 Å². The molecule has 0 saturated carbocycles. The van der Waals surface area contributed by atoms with Crippen LogP contribution in [-0.4, -0.2) is 13.2 Å². The van der Waals surface area contributed by atoms with Gasteiger partial charge >= 0.3 is 0 Å². The van der Waals surface area contributed by atoms with E-state index in [4.69, 9.17) is 4.74 Å². The monoisotopic (exact) mass is 178 g/mol. The lowest BCUT2D eigenvalue weighted by molar-refractivity contribution is 0.156. The first kappa shape index (κ1) is 11.9. The average molecular weight is 178 g/mol. The Morgan fingerprint density at radius 1 is 1.23 bits per heavy atom. The Labute approximate surface area is 81.1 Å². The highest BCUT2D eigenvalue weighted by Crippen LogP contribution is 1.98. The second kappa shape index (κ2) is 9.01. The first-order valence-corrected chi connectivity index (χ1v) is 4.47. The number of hydrogen-bond acceptors (Lipinski definition) is 1. The predicted octanol–water partition coefficient (Wildman–Crippen LogP) is 3.27. The lowest BCUT2D eigenvalue weighted by Crippen LogP contribution is -1.98. The van der Waals surface area contributed by atoms with Crippen LogP contribution in [0, 0.1) is 0 Å². The Balaban J connectivity index is 3.49. The summed E-state index contributed by atoms with van der Waals surface area (Å²) in [5.74, 6) is 0. The van der Waals surface area contributed by atoms with Crippen molar-refractivity contribution >= 4 is 0 Å². The second-order valence-corrected chi connectivity index (χ2v) is 2.66. The molecule has 0 bridgehead atoms. The molecule has 13 heavy (non-hydrogen) atoms. The van der Waals surface area contributed by atoms with Gasteiger partial charge in [0.1, 0.15) is 0 Å². The number of ether oxygens (including phenoxy) is 1. The Morgan fingerprint density at radius 2 is 2.00 bits per heavy atom. The van der Waals surface area contributed by atoms with E-state index in [1.165, 1.54) is 0 Å². The molecule has 0 heterocycles. The molecular weight excluding hydrogens is 160 g/mol. The summed E-state index contributed by atoms with van der Waals surface area (Å²) in [4.78, 5) is 0. The van der Waals surface area contributed by atoms with Crippen molar-refractivity contribution < 1.29 is 4.74 Å². The molecule has 72 valence electrons. The zero-order valence-electron chi connectivity index (χ0n) is 8.17. The highest BCUT2D eigenvalue weighted by atomic mass is 16.5. The van der Waals surface area contributed by atoms with Crippen LogP contribution >= 0.6 is 0 Å². The lowest BCUT2D eigenvalue weighted by atomic mass is 10.2. The van der Waals surface area contributed by atoms with Gasteiger partial charge in [0.25, 0.3) is 0 Å². The van der Waals surface area contributed by atoms with E-state index in [0.717, 1.165) is 25.0 Å². The molecule has 0 atom stereocenters. The fraction of sp³-hybridized carbons (Fsp3) is 0.333. The highest BCUT2D eigenvalue weighted by molar-refractivity contribution is 5.21. The predicted molar refractivity (Wildman–Crippen MR) is 58.7 cm³/mol. The Hall–Kier alpha value is -1.08. The molecule has 0 aliphatic heterocycles. The molecular formula is C12H18O. The van der Waals surface area contributed by atoms with E-state index in [2.05, 4.69) is 19.7 Å². The van der Waals surface area contributed by atoms with Crippen molar-refractivity contribution in [2.45, 2.75) is 12.8 Å². The van der Waals surface area contributed by atoms with E-state index >= 15 is 0 Å². The van der Waals surface area contributed by atoms with Gasteiger partial charge in [0.05, 0.1) is 6.61 Å². The van der Waals surface area contributed by atoms with E-state index in [0.29, 0.717) is 6.61 Å². The molecule has 0 amide bonds. The molecule has 0 aliphatic carbocycles. The third-order valence-electron chi connectivity index (χ3n) is 1.56. The Morgan fingerprint density at radius 3 is 2.54 bits per heavy atom. The minimum absolute atomic E-state index is 0.618. The van der Waals surface area contributed by atoms with E-state index < -0.39 is 0 Å². The van der Waals surface area contributed by atoms with Crippen LogP contribution in [-0.2, 0) is 4.74 Å². The molecule has 0 spiro atoms. The number of rotatable bonds is 8. The molecule has 0 radical (unpaired) electrons. The van der Waals surface area contributed by atoms with Gasteiger partial charge in [-0.15, -0.1) is 6.58 Å². The molecule has 0 saturated heterocycles. The molecule has 0 aliphatic rings.